The van der Waals surface area contributed by atoms with Gasteiger partial charge in [0, 0.05) is 31.0 Å². The summed E-state index contributed by atoms with van der Waals surface area (Å²) in [5.74, 6) is 1.19. The average Bonchev–Trinajstić information content (AvgIpc) is 3.30. The molecule has 4 heteroatoms. The van der Waals surface area contributed by atoms with Crippen LogP contribution in [0.25, 0.3) is 16.3 Å². The van der Waals surface area contributed by atoms with Crippen molar-refractivity contribution in [2.75, 3.05) is 19.3 Å². The highest BCUT2D eigenvalue weighted by Crippen LogP contribution is 2.30. The van der Waals surface area contributed by atoms with E-state index in [2.05, 4.69) is 77.2 Å². The zero-order valence-corrected chi connectivity index (χ0v) is 18.7. The number of hydrogen-bond acceptors (Lipinski definition) is 3. The Bertz CT molecular complexity index is 853. The van der Waals surface area contributed by atoms with E-state index in [9.17, 15) is 0 Å². The lowest BCUT2D eigenvalue weighted by molar-refractivity contribution is -0.659. The van der Waals surface area contributed by atoms with Crippen molar-refractivity contribution in [2.45, 2.75) is 34.2 Å². The Hall–Kier alpha value is -1.78. The molecule has 3 aromatic rings. The van der Waals surface area contributed by atoms with E-state index in [1.54, 1.807) is 0 Å². The molecule has 0 spiro atoms. The van der Waals surface area contributed by atoms with Crippen molar-refractivity contribution in [1.82, 2.24) is 4.90 Å². The number of aromatic nitrogens is 1. The Balaban J connectivity index is 0.000000614. The first-order chi connectivity index (χ1) is 13.3. The smallest absolute Gasteiger partial charge is 0.265 e. The lowest BCUT2D eigenvalue weighted by atomic mass is 10.2. The number of benzene rings is 2. The molecule has 144 valence electrons. The second kappa shape index (κ2) is 11.2. The molecule has 1 aliphatic rings. The van der Waals surface area contributed by atoms with Gasteiger partial charge in [-0.1, -0.05) is 81.5 Å². The molecule has 0 bridgehead atoms. The highest BCUT2D eigenvalue weighted by Gasteiger charge is 2.22. The van der Waals surface area contributed by atoms with Gasteiger partial charge in [-0.25, -0.2) is 0 Å². The maximum Gasteiger partial charge on any atom is 0.265 e. The van der Waals surface area contributed by atoms with Crippen molar-refractivity contribution in [3.8, 4) is 0 Å². The van der Waals surface area contributed by atoms with Gasteiger partial charge in [-0.2, -0.15) is 4.57 Å². The van der Waals surface area contributed by atoms with E-state index in [4.69, 9.17) is 0 Å². The van der Waals surface area contributed by atoms with Crippen LogP contribution in [0.2, 0.25) is 0 Å². The molecular formula is C23H31N2S2+. The third-order valence-electron chi connectivity index (χ3n) is 4.12. The highest BCUT2D eigenvalue weighted by atomic mass is 32.2. The SMILES string of the molecule is CC.CC.CN1CCSC1=Cc1sc2ccccc2[n+]1Cc1ccccc1. The van der Waals surface area contributed by atoms with E-state index in [1.165, 1.54) is 31.6 Å². The van der Waals surface area contributed by atoms with Crippen LogP contribution in [-0.4, -0.2) is 24.2 Å². The topological polar surface area (TPSA) is 7.12 Å². The largest absolute Gasteiger partial charge is 0.368 e. The summed E-state index contributed by atoms with van der Waals surface area (Å²) in [6, 6.07) is 19.4. The van der Waals surface area contributed by atoms with Crippen LogP contribution in [0.3, 0.4) is 0 Å². The number of nitrogens with zero attached hydrogens (tertiary/aromatic N) is 2. The first-order valence-corrected chi connectivity index (χ1v) is 11.6. The Morgan fingerprint density at radius 3 is 2.30 bits per heavy atom. The van der Waals surface area contributed by atoms with E-state index in [0.717, 1.165) is 13.1 Å². The second-order valence-corrected chi connectivity index (χ2v) is 7.91. The molecule has 2 nitrogen and oxygen atoms in total. The van der Waals surface area contributed by atoms with Gasteiger partial charge >= 0.3 is 0 Å². The molecule has 0 unspecified atom stereocenters. The van der Waals surface area contributed by atoms with Crippen molar-refractivity contribution in [3.05, 3.63) is 70.2 Å². The average molecular weight is 400 g/mol. The van der Waals surface area contributed by atoms with Crippen molar-refractivity contribution < 1.29 is 4.57 Å². The molecule has 0 radical (unpaired) electrons. The molecule has 0 saturated carbocycles. The molecule has 1 aliphatic heterocycles. The van der Waals surface area contributed by atoms with E-state index in [-0.39, 0.29) is 0 Å². The van der Waals surface area contributed by atoms with Crippen LogP contribution < -0.4 is 4.57 Å². The van der Waals surface area contributed by atoms with Gasteiger partial charge in [-0.05, 0) is 6.07 Å². The van der Waals surface area contributed by atoms with Gasteiger partial charge in [0.05, 0.1) is 11.1 Å². The van der Waals surface area contributed by atoms with Gasteiger partial charge in [-0.15, -0.1) is 11.8 Å². The Labute approximate surface area is 172 Å². The minimum Gasteiger partial charge on any atom is -0.368 e. The Morgan fingerprint density at radius 2 is 1.63 bits per heavy atom. The molecule has 27 heavy (non-hydrogen) atoms. The third-order valence-corrected chi connectivity index (χ3v) is 6.34. The number of thioether (sulfide) groups is 1. The van der Waals surface area contributed by atoms with Crippen LogP contribution in [0, 0.1) is 0 Å². The second-order valence-electron chi connectivity index (χ2n) is 5.73. The fraction of sp³-hybridized carbons (Fsp3) is 0.348. The molecule has 1 fully saturated rings. The number of fused-ring (bicyclic) bond motifs is 1. The van der Waals surface area contributed by atoms with Crippen molar-refractivity contribution >= 4 is 39.4 Å². The normalized spacial score (nSPS) is 14.6. The summed E-state index contributed by atoms with van der Waals surface area (Å²) in [7, 11) is 2.18. The van der Waals surface area contributed by atoms with Gasteiger partial charge in [0.25, 0.3) is 5.01 Å². The van der Waals surface area contributed by atoms with Crippen LogP contribution in [0.5, 0.6) is 0 Å². The van der Waals surface area contributed by atoms with Crippen molar-refractivity contribution in [1.29, 1.82) is 0 Å². The molecule has 0 amide bonds. The fourth-order valence-electron chi connectivity index (χ4n) is 2.85. The van der Waals surface area contributed by atoms with Crippen LogP contribution in [0.1, 0.15) is 38.3 Å². The van der Waals surface area contributed by atoms with Crippen molar-refractivity contribution in [3.63, 3.8) is 0 Å². The monoisotopic (exact) mass is 399 g/mol. The first-order valence-electron chi connectivity index (χ1n) is 9.82. The standard InChI is InChI=1S/C19H19N2S2.2C2H6/c1-20-11-12-22-18(20)13-19-21(14-15-7-3-2-4-8-15)16-9-5-6-10-17(16)23-19;2*1-2/h2-10,13H,11-12,14H2,1H3;2*1-2H3/q+1;;. The molecular weight excluding hydrogens is 368 g/mol. The van der Waals surface area contributed by atoms with Gasteiger partial charge < -0.3 is 4.90 Å². The zero-order valence-electron chi connectivity index (χ0n) is 17.1. The number of rotatable bonds is 3. The molecule has 4 rings (SSSR count). The summed E-state index contributed by atoms with van der Waals surface area (Å²) in [4.78, 5) is 2.35. The van der Waals surface area contributed by atoms with Crippen LogP contribution in [0.4, 0.5) is 0 Å². The molecule has 0 atom stereocenters. The Kier molecular flexibility index (Phi) is 8.89. The quantitative estimate of drug-likeness (QED) is 0.479. The minimum atomic E-state index is 0.915. The molecule has 2 heterocycles. The summed E-state index contributed by atoms with van der Waals surface area (Å²) in [6.07, 6.45) is 2.35. The number of thiazole rings is 1. The van der Waals surface area contributed by atoms with E-state index >= 15 is 0 Å². The summed E-state index contributed by atoms with van der Waals surface area (Å²) < 4.78 is 3.79. The van der Waals surface area contributed by atoms with Crippen molar-refractivity contribution in [2.24, 2.45) is 0 Å². The lowest BCUT2D eigenvalue weighted by Crippen LogP contribution is -2.35. The summed E-state index contributed by atoms with van der Waals surface area (Å²) in [5, 5.41) is 2.70. The molecule has 0 N–H and O–H groups in total. The first kappa shape index (κ1) is 21.5. The summed E-state index contributed by atoms with van der Waals surface area (Å²) in [5.41, 5.74) is 2.66. The number of hydrogen-bond donors (Lipinski definition) is 0. The van der Waals surface area contributed by atoms with Crippen LogP contribution in [0.15, 0.2) is 59.6 Å². The van der Waals surface area contributed by atoms with Gasteiger partial charge in [0.1, 0.15) is 4.70 Å². The fourth-order valence-corrected chi connectivity index (χ4v) is 5.11. The molecule has 1 saturated heterocycles. The van der Waals surface area contributed by atoms with E-state index in [0.29, 0.717) is 0 Å². The maximum atomic E-state index is 2.44. The highest BCUT2D eigenvalue weighted by molar-refractivity contribution is 8.03. The number of para-hydroxylation sites is 1. The maximum absolute atomic E-state index is 2.44. The zero-order chi connectivity index (χ0) is 19.6. The molecule has 0 aliphatic carbocycles. The minimum absolute atomic E-state index is 0.915. The lowest BCUT2D eigenvalue weighted by Gasteiger charge is -2.09. The molecule has 2 aromatic carbocycles. The molecule has 1 aromatic heterocycles. The van der Waals surface area contributed by atoms with Crippen LogP contribution >= 0.6 is 23.1 Å². The predicted octanol–water partition coefficient (Wildman–Crippen LogP) is 6.27. The Morgan fingerprint density at radius 1 is 0.963 bits per heavy atom. The van der Waals surface area contributed by atoms with Gasteiger partial charge in [0.2, 0.25) is 5.52 Å². The van der Waals surface area contributed by atoms with E-state index in [1.807, 2.05) is 50.8 Å². The summed E-state index contributed by atoms with van der Waals surface area (Å²) >= 11 is 3.83. The predicted molar refractivity (Wildman–Crippen MR) is 123 cm³/mol. The third kappa shape index (κ3) is 5.36. The summed E-state index contributed by atoms with van der Waals surface area (Å²) in [6.45, 7) is 10.1. The van der Waals surface area contributed by atoms with Gasteiger partial charge in [-0.3, -0.25) is 0 Å². The van der Waals surface area contributed by atoms with E-state index < -0.39 is 0 Å². The van der Waals surface area contributed by atoms with Gasteiger partial charge in [0.15, 0.2) is 6.54 Å². The van der Waals surface area contributed by atoms with Crippen LogP contribution in [-0.2, 0) is 6.54 Å².